The van der Waals surface area contributed by atoms with Gasteiger partial charge >= 0.3 is 0 Å². The van der Waals surface area contributed by atoms with Gasteiger partial charge in [0.1, 0.15) is 11.3 Å². The summed E-state index contributed by atoms with van der Waals surface area (Å²) in [5, 5.41) is 4.04. The van der Waals surface area contributed by atoms with E-state index in [1.165, 1.54) is 0 Å². The highest BCUT2D eigenvalue weighted by Gasteiger charge is 2.19. The maximum atomic E-state index is 12.3. The fraction of sp³-hybridized carbons (Fsp3) is 0.438. The van der Waals surface area contributed by atoms with Gasteiger partial charge in [-0.3, -0.25) is 4.79 Å². The summed E-state index contributed by atoms with van der Waals surface area (Å²) in [6, 6.07) is 5.68. The van der Waals surface area contributed by atoms with E-state index in [1.807, 2.05) is 19.9 Å². The van der Waals surface area contributed by atoms with Gasteiger partial charge in [0.15, 0.2) is 5.43 Å². The predicted molar refractivity (Wildman–Crippen MR) is 76.8 cm³/mol. The van der Waals surface area contributed by atoms with Crippen LogP contribution < -0.4 is 10.7 Å². The van der Waals surface area contributed by atoms with Crippen LogP contribution in [-0.2, 0) is 0 Å². The van der Waals surface area contributed by atoms with Crippen LogP contribution in [0.2, 0.25) is 0 Å². The van der Waals surface area contributed by atoms with Crippen LogP contribution in [0.15, 0.2) is 27.4 Å². The molecule has 3 rings (SSSR count). The van der Waals surface area contributed by atoms with Gasteiger partial charge < -0.3 is 9.73 Å². The summed E-state index contributed by atoms with van der Waals surface area (Å²) in [5.74, 6) is 1.23. The van der Waals surface area contributed by atoms with Crippen molar-refractivity contribution in [2.24, 2.45) is 0 Å². The Labute approximate surface area is 112 Å². The number of hydrogen-bond donors (Lipinski definition) is 1. The van der Waals surface area contributed by atoms with Crippen LogP contribution in [0.5, 0.6) is 0 Å². The van der Waals surface area contributed by atoms with Gasteiger partial charge in [0, 0.05) is 12.0 Å². The quantitative estimate of drug-likeness (QED) is 0.854. The first-order valence-corrected chi connectivity index (χ1v) is 6.91. The summed E-state index contributed by atoms with van der Waals surface area (Å²) < 4.78 is 6.04. The molecule has 1 fully saturated rings. The first-order valence-electron chi connectivity index (χ1n) is 6.91. The molecule has 0 aliphatic carbocycles. The zero-order chi connectivity index (χ0) is 13.4. The maximum Gasteiger partial charge on any atom is 0.192 e. The van der Waals surface area contributed by atoms with Gasteiger partial charge in [-0.2, -0.15) is 0 Å². The summed E-state index contributed by atoms with van der Waals surface area (Å²) in [4.78, 5) is 12.3. The molecule has 0 radical (unpaired) electrons. The van der Waals surface area contributed by atoms with Crippen molar-refractivity contribution in [2.75, 3.05) is 13.1 Å². The van der Waals surface area contributed by atoms with E-state index in [9.17, 15) is 4.79 Å². The van der Waals surface area contributed by atoms with E-state index >= 15 is 0 Å². The number of piperidine rings is 1. The van der Waals surface area contributed by atoms with Gasteiger partial charge in [-0.15, -0.1) is 0 Å². The van der Waals surface area contributed by atoms with Crippen LogP contribution >= 0.6 is 0 Å². The summed E-state index contributed by atoms with van der Waals surface area (Å²) in [5.41, 5.74) is 2.99. The van der Waals surface area contributed by atoms with Gasteiger partial charge in [-0.25, -0.2) is 0 Å². The smallest absolute Gasteiger partial charge is 0.192 e. The standard InChI is InChI=1S/C16H19NO2/c1-10-7-11(2)16-13(8-10)14(18)9-15(19-16)12-3-5-17-6-4-12/h7-9,12,17H,3-6H2,1-2H3. The second kappa shape index (κ2) is 4.82. The van der Waals surface area contributed by atoms with Crippen molar-refractivity contribution in [3.63, 3.8) is 0 Å². The second-order valence-corrected chi connectivity index (χ2v) is 5.50. The highest BCUT2D eigenvalue weighted by atomic mass is 16.3. The maximum absolute atomic E-state index is 12.3. The van der Waals surface area contributed by atoms with E-state index in [4.69, 9.17) is 4.42 Å². The molecule has 19 heavy (non-hydrogen) atoms. The molecule has 1 aliphatic rings. The molecule has 1 aromatic carbocycles. The number of aryl methyl sites for hydroxylation is 2. The zero-order valence-corrected chi connectivity index (χ0v) is 11.5. The average Bonchev–Trinajstić information content (AvgIpc) is 2.41. The van der Waals surface area contributed by atoms with Crippen LogP contribution in [0.1, 0.15) is 35.6 Å². The third kappa shape index (κ3) is 2.30. The summed E-state index contributed by atoms with van der Waals surface area (Å²) in [6.07, 6.45) is 2.08. The summed E-state index contributed by atoms with van der Waals surface area (Å²) >= 11 is 0. The average molecular weight is 257 g/mol. The van der Waals surface area contributed by atoms with E-state index in [-0.39, 0.29) is 5.43 Å². The monoisotopic (exact) mass is 257 g/mol. The Morgan fingerprint density at radius 2 is 1.89 bits per heavy atom. The normalized spacial score (nSPS) is 16.9. The van der Waals surface area contributed by atoms with Gasteiger partial charge in [0.05, 0.1) is 5.39 Å². The second-order valence-electron chi connectivity index (χ2n) is 5.50. The van der Waals surface area contributed by atoms with E-state index in [2.05, 4.69) is 11.4 Å². The van der Waals surface area contributed by atoms with E-state index in [1.54, 1.807) is 6.07 Å². The minimum Gasteiger partial charge on any atom is -0.460 e. The van der Waals surface area contributed by atoms with Crippen LogP contribution in [0.3, 0.4) is 0 Å². The van der Waals surface area contributed by atoms with Crippen LogP contribution in [0, 0.1) is 13.8 Å². The van der Waals surface area contributed by atoms with E-state index in [0.717, 1.165) is 48.4 Å². The molecule has 100 valence electrons. The fourth-order valence-corrected chi connectivity index (χ4v) is 2.93. The molecule has 3 heteroatoms. The molecular formula is C16H19NO2. The minimum atomic E-state index is 0.0848. The van der Waals surface area contributed by atoms with Crippen molar-refractivity contribution in [3.8, 4) is 0 Å². The highest BCUT2D eigenvalue weighted by Crippen LogP contribution is 2.27. The first-order chi connectivity index (χ1) is 9.15. The topological polar surface area (TPSA) is 42.2 Å². The van der Waals surface area contributed by atoms with Crippen LogP contribution in [-0.4, -0.2) is 13.1 Å². The third-order valence-corrected chi connectivity index (χ3v) is 3.92. The minimum absolute atomic E-state index is 0.0848. The van der Waals surface area contributed by atoms with Gasteiger partial charge in [0.25, 0.3) is 0 Å². The number of hydrogen-bond acceptors (Lipinski definition) is 3. The molecule has 2 aromatic rings. The molecule has 2 heterocycles. The van der Waals surface area contributed by atoms with Crippen molar-refractivity contribution < 1.29 is 4.42 Å². The van der Waals surface area contributed by atoms with Crippen molar-refractivity contribution in [2.45, 2.75) is 32.6 Å². The summed E-state index contributed by atoms with van der Waals surface area (Å²) in [7, 11) is 0. The molecule has 1 aromatic heterocycles. The molecule has 0 saturated carbocycles. The molecule has 0 spiro atoms. The van der Waals surface area contributed by atoms with Crippen LogP contribution in [0.4, 0.5) is 0 Å². The zero-order valence-electron chi connectivity index (χ0n) is 11.5. The molecule has 0 amide bonds. The van der Waals surface area contributed by atoms with Crippen molar-refractivity contribution in [1.82, 2.24) is 5.32 Å². The third-order valence-electron chi connectivity index (χ3n) is 3.92. The molecule has 1 saturated heterocycles. The number of benzene rings is 1. The Kier molecular flexibility index (Phi) is 3.15. The first kappa shape index (κ1) is 12.4. The van der Waals surface area contributed by atoms with Crippen molar-refractivity contribution in [3.05, 3.63) is 45.3 Å². The van der Waals surface area contributed by atoms with E-state index < -0.39 is 0 Å². The molecular weight excluding hydrogens is 238 g/mol. The lowest BCUT2D eigenvalue weighted by molar-refractivity contribution is 0.392. The molecule has 1 N–H and O–H groups in total. The lowest BCUT2D eigenvalue weighted by Gasteiger charge is -2.21. The predicted octanol–water partition coefficient (Wildman–Crippen LogP) is 2.88. The Bertz CT molecular complexity index is 666. The molecule has 0 unspecified atom stereocenters. The van der Waals surface area contributed by atoms with Gasteiger partial charge in [-0.1, -0.05) is 6.07 Å². The number of nitrogens with one attached hydrogen (secondary N) is 1. The van der Waals surface area contributed by atoms with Crippen molar-refractivity contribution in [1.29, 1.82) is 0 Å². The Morgan fingerprint density at radius 1 is 1.16 bits per heavy atom. The lowest BCUT2D eigenvalue weighted by atomic mass is 9.94. The molecule has 0 atom stereocenters. The molecule has 1 aliphatic heterocycles. The Hall–Kier alpha value is -1.61. The van der Waals surface area contributed by atoms with Gasteiger partial charge in [0.2, 0.25) is 0 Å². The molecule has 0 bridgehead atoms. The van der Waals surface area contributed by atoms with Crippen LogP contribution in [0.25, 0.3) is 11.0 Å². The van der Waals surface area contributed by atoms with E-state index in [0.29, 0.717) is 11.3 Å². The Morgan fingerprint density at radius 3 is 2.63 bits per heavy atom. The summed E-state index contributed by atoms with van der Waals surface area (Å²) in [6.45, 7) is 6.01. The number of rotatable bonds is 1. The largest absolute Gasteiger partial charge is 0.460 e. The number of fused-ring (bicyclic) bond motifs is 1. The lowest BCUT2D eigenvalue weighted by Crippen LogP contribution is -2.27. The van der Waals surface area contributed by atoms with Gasteiger partial charge in [-0.05, 0) is 57.0 Å². The molecule has 3 nitrogen and oxygen atoms in total. The SMILES string of the molecule is Cc1cc(C)c2oc(C3CCNCC3)cc(=O)c2c1. The fourth-order valence-electron chi connectivity index (χ4n) is 2.93. The Balaban J connectivity index is 2.15. The highest BCUT2D eigenvalue weighted by molar-refractivity contribution is 5.80. The van der Waals surface area contributed by atoms with Crippen molar-refractivity contribution >= 4 is 11.0 Å².